The van der Waals surface area contributed by atoms with Gasteiger partial charge >= 0.3 is 0 Å². The zero-order valence-corrected chi connectivity index (χ0v) is 12.9. The van der Waals surface area contributed by atoms with Gasteiger partial charge in [0.05, 0.1) is 5.56 Å². The highest BCUT2D eigenvalue weighted by Gasteiger charge is 2.22. The molecule has 1 aliphatic rings. The van der Waals surface area contributed by atoms with Crippen LogP contribution in [0.4, 0.5) is 0 Å². The summed E-state index contributed by atoms with van der Waals surface area (Å²) < 4.78 is 22.3. The van der Waals surface area contributed by atoms with Gasteiger partial charge in [0.2, 0.25) is 0 Å². The average molecular weight is 322 g/mol. The molecule has 2 rings (SSSR count). The molecule has 1 fully saturated rings. The van der Waals surface area contributed by atoms with Crippen molar-refractivity contribution >= 4 is 37.0 Å². The molecule has 7 heteroatoms. The van der Waals surface area contributed by atoms with E-state index in [1.807, 2.05) is 0 Å². The monoisotopic (exact) mass is 321 g/mol. The maximum atomic E-state index is 12.0. The van der Waals surface area contributed by atoms with Crippen molar-refractivity contribution in [2.75, 3.05) is 0 Å². The lowest BCUT2D eigenvalue weighted by Crippen LogP contribution is -2.37. The molecule has 106 valence electrons. The second-order valence-electron chi connectivity index (χ2n) is 5.02. The number of halogens is 1. The van der Waals surface area contributed by atoms with E-state index in [2.05, 4.69) is 12.2 Å². The number of hydrogen-bond acceptors (Lipinski definition) is 4. The third-order valence-electron chi connectivity index (χ3n) is 3.43. The Hall–Kier alpha value is -0.590. The number of thiophene rings is 1. The van der Waals surface area contributed by atoms with Gasteiger partial charge in [-0.05, 0) is 37.7 Å². The molecule has 0 aliphatic heterocycles. The van der Waals surface area contributed by atoms with Crippen molar-refractivity contribution in [2.45, 2.75) is 42.9 Å². The number of hydrogen-bond donors (Lipinski definition) is 1. The third kappa shape index (κ3) is 3.94. The highest BCUT2D eigenvalue weighted by Crippen LogP contribution is 2.26. The summed E-state index contributed by atoms with van der Waals surface area (Å²) in [5.41, 5.74) is 0.364. The van der Waals surface area contributed by atoms with Gasteiger partial charge in [-0.3, -0.25) is 4.79 Å². The van der Waals surface area contributed by atoms with Gasteiger partial charge in [0, 0.05) is 22.1 Å². The third-order valence-corrected chi connectivity index (χ3v) is 6.47. The Morgan fingerprint density at radius 2 is 2.00 bits per heavy atom. The topological polar surface area (TPSA) is 63.2 Å². The fourth-order valence-corrected chi connectivity index (χ4v) is 4.18. The van der Waals surface area contributed by atoms with Crippen LogP contribution in [0.15, 0.2) is 15.7 Å². The predicted octanol–water partition coefficient (Wildman–Crippen LogP) is 2.98. The minimum absolute atomic E-state index is 0.0107. The second-order valence-corrected chi connectivity index (χ2v) is 8.73. The molecule has 1 aliphatic carbocycles. The minimum Gasteiger partial charge on any atom is -0.349 e. The van der Waals surface area contributed by atoms with Crippen LogP contribution in [0.2, 0.25) is 0 Å². The first-order valence-electron chi connectivity index (χ1n) is 6.20. The SMILES string of the molecule is CC1CCC(NC(=O)c2csc(S(=O)(=O)Cl)c2)CC1. The van der Waals surface area contributed by atoms with Crippen LogP contribution in [-0.2, 0) is 9.05 Å². The highest BCUT2D eigenvalue weighted by molar-refractivity contribution is 8.15. The van der Waals surface area contributed by atoms with Crippen LogP contribution >= 0.6 is 22.0 Å². The van der Waals surface area contributed by atoms with E-state index in [0.29, 0.717) is 5.56 Å². The van der Waals surface area contributed by atoms with Gasteiger partial charge in [-0.15, -0.1) is 11.3 Å². The van der Waals surface area contributed by atoms with Crippen LogP contribution in [0.3, 0.4) is 0 Å². The zero-order valence-electron chi connectivity index (χ0n) is 10.6. The van der Waals surface area contributed by atoms with E-state index in [1.54, 1.807) is 0 Å². The fourth-order valence-electron chi connectivity index (χ4n) is 2.24. The van der Waals surface area contributed by atoms with Gasteiger partial charge in [-0.1, -0.05) is 6.92 Å². The van der Waals surface area contributed by atoms with E-state index in [9.17, 15) is 13.2 Å². The summed E-state index contributed by atoms with van der Waals surface area (Å²) in [6, 6.07) is 1.52. The van der Waals surface area contributed by atoms with Gasteiger partial charge in [0.15, 0.2) is 0 Å². The van der Waals surface area contributed by atoms with Crippen LogP contribution in [-0.4, -0.2) is 20.4 Å². The summed E-state index contributed by atoms with van der Waals surface area (Å²) >= 11 is 0.966. The molecule has 19 heavy (non-hydrogen) atoms. The molecule has 0 atom stereocenters. The normalized spacial score (nSPS) is 24.1. The molecule has 0 aromatic carbocycles. The van der Waals surface area contributed by atoms with Crippen molar-refractivity contribution in [3.8, 4) is 0 Å². The summed E-state index contributed by atoms with van der Waals surface area (Å²) in [7, 11) is 1.49. The smallest absolute Gasteiger partial charge is 0.270 e. The number of rotatable bonds is 3. The Balaban J connectivity index is 1.99. The summed E-state index contributed by atoms with van der Waals surface area (Å²) in [6.07, 6.45) is 4.21. The first kappa shape index (κ1) is 14.8. The lowest BCUT2D eigenvalue weighted by molar-refractivity contribution is 0.0923. The van der Waals surface area contributed by atoms with Gasteiger partial charge < -0.3 is 5.32 Å². The van der Waals surface area contributed by atoms with Crippen molar-refractivity contribution in [1.82, 2.24) is 5.32 Å². The van der Waals surface area contributed by atoms with E-state index < -0.39 is 9.05 Å². The van der Waals surface area contributed by atoms with Crippen LogP contribution in [0.25, 0.3) is 0 Å². The summed E-state index contributed by atoms with van der Waals surface area (Å²) in [6.45, 7) is 2.22. The number of carbonyl (C=O) groups is 1. The van der Waals surface area contributed by atoms with Gasteiger partial charge in [0.25, 0.3) is 15.0 Å². The summed E-state index contributed by atoms with van der Waals surface area (Å²) in [4.78, 5) is 12.0. The first-order chi connectivity index (χ1) is 8.86. The molecular weight excluding hydrogens is 306 g/mol. The van der Waals surface area contributed by atoms with Gasteiger partial charge in [0.1, 0.15) is 4.21 Å². The van der Waals surface area contributed by atoms with Crippen LogP contribution in [0.5, 0.6) is 0 Å². The molecule has 1 aromatic rings. The number of amides is 1. The lowest BCUT2D eigenvalue weighted by Gasteiger charge is -2.26. The molecule has 0 saturated heterocycles. The maximum absolute atomic E-state index is 12.0. The predicted molar refractivity (Wildman–Crippen MR) is 76.2 cm³/mol. The highest BCUT2D eigenvalue weighted by atomic mass is 35.7. The average Bonchev–Trinajstić information content (AvgIpc) is 2.81. The summed E-state index contributed by atoms with van der Waals surface area (Å²) in [5, 5.41) is 4.47. The Labute approximate surface area is 121 Å². The van der Waals surface area contributed by atoms with Crippen molar-refractivity contribution in [1.29, 1.82) is 0 Å². The molecule has 0 bridgehead atoms. The molecule has 0 radical (unpaired) electrons. The second kappa shape index (κ2) is 5.81. The largest absolute Gasteiger partial charge is 0.349 e. The van der Waals surface area contributed by atoms with Crippen LogP contribution in [0.1, 0.15) is 43.0 Å². The van der Waals surface area contributed by atoms with E-state index in [0.717, 1.165) is 42.9 Å². The fraction of sp³-hybridized carbons (Fsp3) is 0.583. The van der Waals surface area contributed by atoms with Crippen LogP contribution in [0, 0.1) is 5.92 Å². The van der Waals surface area contributed by atoms with E-state index in [1.165, 1.54) is 11.4 Å². The van der Waals surface area contributed by atoms with Gasteiger partial charge in [-0.25, -0.2) is 8.42 Å². The number of nitrogens with one attached hydrogen (secondary N) is 1. The number of carbonyl (C=O) groups excluding carboxylic acids is 1. The molecule has 0 spiro atoms. The molecule has 1 aromatic heterocycles. The molecule has 1 heterocycles. The minimum atomic E-state index is -3.75. The van der Waals surface area contributed by atoms with Crippen molar-refractivity contribution in [3.63, 3.8) is 0 Å². The van der Waals surface area contributed by atoms with Crippen molar-refractivity contribution in [3.05, 3.63) is 17.0 Å². The van der Waals surface area contributed by atoms with Crippen molar-refractivity contribution < 1.29 is 13.2 Å². The summed E-state index contributed by atoms with van der Waals surface area (Å²) in [5.74, 6) is 0.504. The first-order valence-corrected chi connectivity index (χ1v) is 9.39. The Bertz CT molecular complexity index is 559. The Morgan fingerprint density at radius 3 is 2.53 bits per heavy atom. The van der Waals surface area contributed by atoms with E-state index in [4.69, 9.17) is 10.7 Å². The molecule has 1 amide bonds. The van der Waals surface area contributed by atoms with Gasteiger partial charge in [-0.2, -0.15) is 0 Å². The zero-order chi connectivity index (χ0) is 14.0. The van der Waals surface area contributed by atoms with E-state index >= 15 is 0 Å². The Morgan fingerprint density at radius 1 is 1.37 bits per heavy atom. The van der Waals surface area contributed by atoms with Crippen LogP contribution < -0.4 is 5.32 Å². The van der Waals surface area contributed by atoms with E-state index in [-0.39, 0.29) is 16.2 Å². The molecule has 0 unspecified atom stereocenters. The Kier molecular flexibility index (Phi) is 4.53. The standard InChI is InChI=1S/C12H16ClNO3S2/c1-8-2-4-10(5-3-8)14-12(15)9-6-11(18-7-9)19(13,16)17/h6-8,10H,2-5H2,1H3,(H,14,15). The van der Waals surface area contributed by atoms with Crippen molar-refractivity contribution in [2.24, 2.45) is 5.92 Å². The quantitative estimate of drug-likeness (QED) is 0.870. The molecule has 1 saturated carbocycles. The molecule has 4 nitrogen and oxygen atoms in total. The maximum Gasteiger partial charge on any atom is 0.270 e. The lowest BCUT2D eigenvalue weighted by atomic mass is 9.87. The molecule has 1 N–H and O–H groups in total. The molecular formula is C12H16ClNO3S2.